The van der Waals surface area contributed by atoms with Crippen LogP contribution in [0.4, 0.5) is 0 Å². The van der Waals surface area contributed by atoms with Crippen LogP contribution in [0.5, 0.6) is 23.0 Å². The van der Waals surface area contributed by atoms with Crippen molar-refractivity contribution in [2.45, 2.75) is 68.3 Å². The summed E-state index contributed by atoms with van der Waals surface area (Å²) in [6, 6.07) is 5.09. The van der Waals surface area contributed by atoms with Crippen LogP contribution < -0.4 is 14.9 Å². The molecule has 0 aliphatic carbocycles. The Bertz CT molecular complexity index is 1470. The molecule has 0 radical (unpaired) electrons. The van der Waals surface area contributed by atoms with Gasteiger partial charge in [-0.3, -0.25) is 4.79 Å². The van der Waals surface area contributed by atoms with Gasteiger partial charge in [0.15, 0.2) is 23.9 Å². The average molecular weight is 583 g/mol. The first kappa shape index (κ1) is 29.2. The maximum absolute atomic E-state index is 13.3. The molecule has 0 spiro atoms. The first-order chi connectivity index (χ1) is 19.5. The van der Waals surface area contributed by atoms with Gasteiger partial charge < -0.3 is 69.0 Å². The standard InChI is InChI=1S/C26H30O15/c1-8-17(29)21(33)23(35)25(37-8)41-24-22(34)19(31)14(7-27)40-26(24)39-12-4-3-11-16(18(12)30)20(32)15-10(28)5-9(36-2)6-13(15)38-11/h3-6,8,14,17,19,21-31,33-35H,7H2,1-2H3/t8-,14+,17-,19+,21+,22-,23+,24+,25-,26+/m0/s1. The zero-order chi connectivity index (χ0) is 29.7. The Hall–Kier alpha value is -3.25. The maximum atomic E-state index is 13.3. The summed E-state index contributed by atoms with van der Waals surface area (Å²) in [5.74, 6) is -1.33. The van der Waals surface area contributed by atoms with Gasteiger partial charge >= 0.3 is 0 Å². The molecule has 0 saturated carbocycles. The van der Waals surface area contributed by atoms with E-state index in [4.69, 9.17) is 28.1 Å². The lowest BCUT2D eigenvalue weighted by Gasteiger charge is -2.45. The molecule has 2 aliphatic heterocycles. The number of phenols is 2. The fourth-order valence-electron chi connectivity index (χ4n) is 4.90. The van der Waals surface area contributed by atoms with Gasteiger partial charge in [0.05, 0.1) is 19.8 Å². The van der Waals surface area contributed by atoms with E-state index >= 15 is 0 Å². The van der Waals surface area contributed by atoms with Crippen molar-refractivity contribution < 1.29 is 69.0 Å². The number of phenolic OH excluding ortho intramolecular Hbond substituents is 2. The number of hydrogen-bond acceptors (Lipinski definition) is 15. The molecular weight excluding hydrogens is 552 g/mol. The molecule has 0 amide bonds. The van der Waals surface area contributed by atoms with Crippen LogP contribution in [-0.4, -0.2) is 116 Å². The van der Waals surface area contributed by atoms with E-state index in [1.165, 1.54) is 38.3 Å². The second-order valence-electron chi connectivity index (χ2n) is 9.84. The lowest BCUT2D eigenvalue weighted by atomic mass is 9.97. The number of ether oxygens (including phenoxy) is 5. The fourth-order valence-corrected chi connectivity index (χ4v) is 4.90. The molecule has 41 heavy (non-hydrogen) atoms. The summed E-state index contributed by atoms with van der Waals surface area (Å²) in [5.41, 5.74) is -0.876. The van der Waals surface area contributed by atoms with E-state index in [1.54, 1.807) is 0 Å². The van der Waals surface area contributed by atoms with Gasteiger partial charge in [0.25, 0.3) is 0 Å². The predicted molar refractivity (Wildman–Crippen MR) is 135 cm³/mol. The molecule has 0 bridgehead atoms. The SMILES string of the molecule is COc1cc(O)c2c(=O)c3c(O)c(O[C@@H]4O[C@H](CO)[C@@H](O)[C@H](O)[C@H]4O[C@@H]4O[C@@H](C)[C@H](O)[C@@H](O)[C@H]4O)ccc3oc2c1. The Morgan fingerprint density at radius 3 is 2.27 bits per heavy atom. The van der Waals surface area contributed by atoms with E-state index in [-0.39, 0.29) is 33.4 Å². The van der Waals surface area contributed by atoms with Crippen LogP contribution in [0.1, 0.15) is 6.92 Å². The number of aliphatic hydroxyl groups is 6. The molecule has 2 saturated heterocycles. The molecule has 3 heterocycles. The number of methoxy groups -OCH3 is 1. The van der Waals surface area contributed by atoms with E-state index in [0.717, 1.165) is 0 Å². The molecule has 1 aromatic heterocycles. The Morgan fingerprint density at radius 2 is 1.59 bits per heavy atom. The minimum absolute atomic E-state index is 0.00744. The van der Waals surface area contributed by atoms with Crippen molar-refractivity contribution in [3.63, 3.8) is 0 Å². The molecule has 2 aromatic carbocycles. The number of benzene rings is 2. The minimum Gasteiger partial charge on any atom is -0.507 e. The molecule has 2 aliphatic rings. The summed E-state index contributed by atoms with van der Waals surface area (Å²) in [6.07, 6.45) is -15.7. The van der Waals surface area contributed by atoms with E-state index in [0.29, 0.717) is 0 Å². The Labute approximate surface area is 230 Å². The second-order valence-corrected chi connectivity index (χ2v) is 9.84. The van der Waals surface area contributed by atoms with Crippen LogP contribution in [0.3, 0.4) is 0 Å². The number of aliphatic hydroxyl groups excluding tert-OH is 6. The Balaban J connectivity index is 1.52. The molecule has 8 N–H and O–H groups in total. The highest BCUT2D eigenvalue weighted by Gasteiger charge is 2.51. The van der Waals surface area contributed by atoms with E-state index in [2.05, 4.69) is 0 Å². The fraction of sp³-hybridized carbons (Fsp3) is 0.500. The smallest absolute Gasteiger partial charge is 0.229 e. The Kier molecular flexibility index (Phi) is 7.99. The number of aromatic hydroxyl groups is 2. The third kappa shape index (κ3) is 5.05. The summed E-state index contributed by atoms with van der Waals surface area (Å²) in [5, 5.41) is 82.2. The van der Waals surface area contributed by atoms with Crippen LogP contribution >= 0.6 is 0 Å². The molecule has 15 heteroatoms. The number of fused-ring (bicyclic) bond motifs is 2. The molecule has 224 valence electrons. The molecule has 0 unspecified atom stereocenters. The summed E-state index contributed by atoms with van der Waals surface area (Å²) >= 11 is 0. The summed E-state index contributed by atoms with van der Waals surface area (Å²) in [6.45, 7) is 0.655. The van der Waals surface area contributed by atoms with Crippen LogP contribution in [-0.2, 0) is 14.2 Å². The molecular formula is C26H30O15. The van der Waals surface area contributed by atoms with Crippen molar-refractivity contribution in [3.05, 3.63) is 34.5 Å². The zero-order valence-corrected chi connectivity index (χ0v) is 21.7. The molecule has 15 nitrogen and oxygen atoms in total. The molecule has 5 rings (SSSR count). The van der Waals surface area contributed by atoms with Gasteiger partial charge in [0.1, 0.15) is 70.1 Å². The molecule has 3 aromatic rings. The van der Waals surface area contributed by atoms with Gasteiger partial charge in [-0.15, -0.1) is 0 Å². The first-order valence-corrected chi connectivity index (χ1v) is 12.6. The van der Waals surface area contributed by atoms with Crippen molar-refractivity contribution in [1.29, 1.82) is 0 Å². The van der Waals surface area contributed by atoms with Crippen LogP contribution in [0.15, 0.2) is 33.5 Å². The van der Waals surface area contributed by atoms with Gasteiger partial charge in [-0.05, 0) is 19.1 Å². The van der Waals surface area contributed by atoms with Gasteiger partial charge in [-0.1, -0.05) is 0 Å². The molecule has 10 atom stereocenters. The molecule has 2 fully saturated rings. The third-order valence-corrected chi connectivity index (χ3v) is 7.23. The number of hydrogen-bond donors (Lipinski definition) is 8. The largest absolute Gasteiger partial charge is 0.507 e. The normalized spacial score (nSPS) is 34.1. The summed E-state index contributed by atoms with van der Waals surface area (Å²) < 4.78 is 33.2. The monoisotopic (exact) mass is 582 g/mol. The predicted octanol–water partition coefficient (Wildman–Crippen LogP) is -1.60. The van der Waals surface area contributed by atoms with Crippen molar-refractivity contribution in [1.82, 2.24) is 0 Å². The minimum atomic E-state index is -1.80. The van der Waals surface area contributed by atoms with Gasteiger partial charge in [-0.2, -0.15) is 0 Å². The van der Waals surface area contributed by atoms with E-state index < -0.39 is 84.9 Å². The van der Waals surface area contributed by atoms with Crippen molar-refractivity contribution in [3.8, 4) is 23.0 Å². The topological polar surface area (TPSA) is 238 Å². The Morgan fingerprint density at radius 1 is 0.854 bits per heavy atom. The van der Waals surface area contributed by atoms with Gasteiger partial charge in [-0.25, -0.2) is 0 Å². The number of rotatable bonds is 6. The van der Waals surface area contributed by atoms with Crippen LogP contribution in [0.2, 0.25) is 0 Å². The highest BCUT2D eigenvalue weighted by atomic mass is 16.8. The van der Waals surface area contributed by atoms with E-state index in [9.17, 15) is 45.6 Å². The summed E-state index contributed by atoms with van der Waals surface area (Å²) in [4.78, 5) is 13.3. The van der Waals surface area contributed by atoms with Crippen molar-refractivity contribution in [2.75, 3.05) is 13.7 Å². The highest BCUT2D eigenvalue weighted by molar-refractivity contribution is 5.97. The van der Waals surface area contributed by atoms with Crippen molar-refractivity contribution >= 4 is 21.9 Å². The van der Waals surface area contributed by atoms with Gasteiger partial charge in [0.2, 0.25) is 11.7 Å². The maximum Gasteiger partial charge on any atom is 0.229 e. The zero-order valence-electron chi connectivity index (χ0n) is 21.7. The van der Waals surface area contributed by atoms with Crippen LogP contribution in [0, 0.1) is 0 Å². The lowest BCUT2D eigenvalue weighted by Crippen LogP contribution is -2.64. The average Bonchev–Trinajstić information content (AvgIpc) is 2.94. The van der Waals surface area contributed by atoms with E-state index in [1.807, 2.05) is 0 Å². The highest BCUT2D eigenvalue weighted by Crippen LogP contribution is 2.39. The van der Waals surface area contributed by atoms with Crippen LogP contribution in [0.25, 0.3) is 21.9 Å². The quantitative estimate of drug-likeness (QED) is 0.153. The van der Waals surface area contributed by atoms with Crippen molar-refractivity contribution in [2.24, 2.45) is 0 Å². The second kappa shape index (κ2) is 11.2. The first-order valence-electron chi connectivity index (χ1n) is 12.6. The van der Waals surface area contributed by atoms with Gasteiger partial charge in [0, 0.05) is 12.1 Å². The lowest BCUT2D eigenvalue weighted by molar-refractivity contribution is -0.354. The summed E-state index contributed by atoms with van der Waals surface area (Å²) in [7, 11) is 1.37. The third-order valence-electron chi connectivity index (χ3n) is 7.23.